The van der Waals surface area contributed by atoms with Crippen LogP contribution in [0.25, 0.3) is 11.1 Å². The number of nitrogens with one attached hydrogen (secondary N) is 1. The fraction of sp³-hybridized carbons (Fsp3) is 0.308. The maximum atomic E-state index is 13.0. The molecule has 2 aromatic carbocycles. The smallest absolute Gasteiger partial charge is 0.245 e. The molecule has 0 unspecified atom stereocenters. The summed E-state index contributed by atoms with van der Waals surface area (Å²) >= 11 is 0. The van der Waals surface area contributed by atoms with Crippen molar-refractivity contribution in [2.75, 3.05) is 32.0 Å². The van der Waals surface area contributed by atoms with Crippen LogP contribution in [-0.2, 0) is 16.0 Å². The maximum Gasteiger partial charge on any atom is 0.245 e. The largest absolute Gasteiger partial charge is 0.354 e. The number of carbonyl (C=O) groups excluding carboxylic acids is 2. The fourth-order valence-electron chi connectivity index (χ4n) is 4.11. The van der Waals surface area contributed by atoms with Gasteiger partial charge in [-0.05, 0) is 29.2 Å². The van der Waals surface area contributed by atoms with Gasteiger partial charge in [0, 0.05) is 51.9 Å². The van der Waals surface area contributed by atoms with Gasteiger partial charge in [-0.1, -0.05) is 54.6 Å². The summed E-state index contributed by atoms with van der Waals surface area (Å²) in [7, 11) is 1.81. The molecule has 1 saturated heterocycles. The first-order valence-corrected chi connectivity index (χ1v) is 11.3. The molecule has 4 rings (SSSR count). The molecule has 1 N–H and O–H groups in total. The molecule has 0 radical (unpaired) electrons. The summed E-state index contributed by atoms with van der Waals surface area (Å²) in [6.45, 7) is 1.71. The van der Waals surface area contributed by atoms with Crippen LogP contribution in [0.1, 0.15) is 18.4 Å². The fourth-order valence-corrected chi connectivity index (χ4v) is 4.11. The van der Waals surface area contributed by atoms with Crippen molar-refractivity contribution in [3.8, 4) is 11.1 Å². The van der Waals surface area contributed by atoms with Crippen molar-refractivity contribution < 1.29 is 9.59 Å². The van der Waals surface area contributed by atoms with E-state index in [1.165, 1.54) is 0 Å². The van der Waals surface area contributed by atoms with E-state index in [1.807, 2.05) is 30.3 Å². The molecule has 3 aromatic rings. The number of nitrogens with zero attached hydrogens (tertiary/aromatic N) is 4. The number of rotatable bonds is 8. The van der Waals surface area contributed by atoms with Crippen molar-refractivity contribution in [2.45, 2.75) is 25.3 Å². The van der Waals surface area contributed by atoms with Gasteiger partial charge in [-0.15, -0.1) is 0 Å². The lowest BCUT2D eigenvalue weighted by atomic mass is 9.97. The Morgan fingerprint density at radius 2 is 1.76 bits per heavy atom. The van der Waals surface area contributed by atoms with Crippen molar-refractivity contribution in [3.63, 3.8) is 0 Å². The molecule has 0 spiro atoms. The molecular formula is C26H29N5O2. The Labute approximate surface area is 194 Å². The van der Waals surface area contributed by atoms with E-state index in [1.54, 1.807) is 35.3 Å². The van der Waals surface area contributed by atoms with Crippen molar-refractivity contribution >= 4 is 17.8 Å². The molecule has 1 aliphatic rings. The normalized spacial score (nSPS) is 16.0. The second-order valence-electron chi connectivity index (χ2n) is 8.24. The van der Waals surface area contributed by atoms with Crippen LogP contribution in [0.4, 0.5) is 5.95 Å². The molecule has 170 valence electrons. The highest BCUT2D eigenvalue weighted by Crippen LogP contribution is 2.23. The third kappa shape index (κ3) is 5.74. The minimum atomic E-state index is -0.479. The molecule has 7 nitrogen and oxygen atoms in total. The van der Waals surface area contributed by atoms with Crippen molar-refractivity contribution in [1.82, 2.24) is 19.8 Å². The van der Waals surface area contributed by atoms with E-state index in [0.717, 1.165) is 16.7 Å². The van der Waals surface area contributed by atoms with Crippen LogP contribution in [-0.4, -0.2) is 64.3 Å². The lowest BCUT2D eigenvalue weighted by Gasteiger charge is -2.39. The highest BCUT2D eigenvalue weighted by Gasteiger charge is 2.35. The van der Waals surface area contributed by atoms with E-state index in [2.05, 4.69) is 39.6 Å². The third-order valence-corrected chi connectivity index (χ3v) is 5.91. The molecule has 0 aliphatic carbocycles. The first-order chi connectivity index (χ1) is 16.1. The molecule has 1 fully saturated rings. The van der Waals surface area contributed by atoms with Gasteiger partial charge in [0.2, 0.25) is 17.8 Å². The number of carbonyl (C=O) groups is 2. The zero-order valence-electron chi connectivity index (χ0n) is 18.9. The molecule has 1 atom stereocenters. The van der Waals surface area contributed by atoms with Gasteiger partial charge in [0.1, 0.15) is 6.04 Å². The number of likely N-dealkylation sites (N-methyl/N-ethyl adjacent to an activating group) is 1. The Balaban J connectivity index is 1.41. The minimum absolute atomic E-state index is 0.00414. The molecule has 2 amide bonds. The van der Waals surface area contributed by atoms with Crippen LogP contribution in [0.5, 0.6) is 0 Å². The van der Waals surface area contributed by atoms with Gasteiger partial charge in [-0.25, -0.2) is 9.97 Å². The monoisotopic (exact) mass is 443 g/mol. The summed E-state index contributed by atoms with van der Waals surface area (Å²) in [5.41, 5.74) is 3.29. The second-order valence-corrected chi connectivity index (χ2v) is 8.24. The summed E-state index contributed by atoms with van der Waals surface area (Å²) in [6.07, 6.45) is 4.87. The van der Waals surface area contributed by atoms with Gasteiger partial charge >= 0.3 is 0 Å². The molecule has 2 heterocycles. The van der Waals surface area contributed by atoms with Crippen molar-refractivity contribution in [3.05, 3.63) is 78.6 Å². The van der Waals surface area contributed by atoms with Crippen LogP contribution < -0.4 is 5.32 Å². The van der Waals surface area contributed by atoms with E-state index >= 15 is 0 Å². The van der Waals surface area contributed by atoms with Gasteiger partial charge in [0.05, 0.1) is 0 Å². The van der Waals surface area contributed by atoms with Gasteiger partial charge < -0.3 is 15.1 Å². The van der Waals surface area contributed by atoms with E-state index < -0.39 is 6.04 Å². The van der Waals surface area contributed by atoms with Crippen molar-refractivity contribution in [1.29, 1.82) is 0 Å². The highest BCUT2D eigenvalue weighted by molar-refractivity contribution is 5.89. The lowest BCUT2D eigenvalue weighted by Crippen LogP contribution is -2.58. The first-order valence-electron chi connectivity index (χ1n) is 11.3. The predicted molar refractivity (Wildman–Crippen MR) is 128 cm³/mol. The quantitative estimate of drug-likeness (QED) is 0.541. The maximum absolute atomic E-state index is 13.0. The van der Waals surface area contributed by atoms with Crippen LogP contribution in [0.15, 0.2) is 73.1 Å². The molecular weight excluding hydrogens is 414 g/mol. The molecule has 1 aliphatic heterocycles. The van der Waals surface area contributed by atoms with Crippen LogP contribution in [0, 0.1) is 0 Å². The Kier molecular flexibility index (Phi) is 7.29. The number of aromatic nitrogens is 2. The van der Waals surface area contributed by atoms with Crippen LogP contribution >= 0.6 is 0 Å². The van der Waals surface area contributed by atoms with E-state index in [-0.39, 0.29) is 11.8 Å². The zero-order valence-corrected chi connectivity index (χ0v) is 18.9. The predicted octanol–water partition coefficient (Wildman–Crippen LogP) is 3.25. The SMILES string of the molecule is CN1CCN(C(=O)CCCNc2ncccn2)[C@H](Cc2cccc(-c3ccccc3)c2)C1=O. The van der Waals surface area contributed by atoms with E-state index in [0.29, 0.717) is 44.8 Å². The van der Waals surface area contributed by atoms with Gasteiger partial charge in [-0.2, -0.15) is 0 Å². The summed E-state index contributed by atoms with van der Waals surface area (Å²) in [4.78, 5) is 37.8. The molecule has 7 heteroatoms. The number of piperazine rings is 1. The zero-order chi connectivity index (χ0) is 23.0. The van der Waals surface area contributed by atoms with Crippen LogP contribution in [0.2, 0.25) is 0 Å². The van der Waals surface area contributed by atoms with Crippen LogP contribution in [0.3, 0.4) is 0 Å². The van der Waals surface area contributed by atoms with Gasteiger partial charge in [0.25, 0.3) is 0 Å². The number of anilines is 1. The Bertz CT molecular complexity index is 1070. The lowest BCUT2D eigenvalue weighted by molar-refractivity contribution is -0.150. The Morgan fingerprint density at radius 3 is 2.55 bits per heavy atom. The van der Waals surface area contributed by atoms with Gasteiger partial charge in [-0.3, -0.25) is 9.59 Å². The minimum Gasteiger partial charge on any atom is -0.354 e. The summed E-state index contributed by atoms with van der Waals surface area (Å²) < 4.78 is 0. The highest BCUT2D eigenvalue weighted by atomic mass is 16.2. The Hall–Kier alpha value is -3.74. The molecule has 1 aromatic heterocycles. The van der Waals surface area contributed by atoms with E-state index in [4.69, 9.17) is 0 Å². The number of hydrogen-bond donors (Lipinski definition) is 1. The molecule has 0 bridgehead atoms. The first kappa shape index (κ1) is 22.5. The average Bonchev–Trinajstić information content (AvgIpc) is 2.86. The summed E-state index contributed by atoms with van der Waals surface area (Å²) in [5.74, 6) is 0.558. The third-order valence-electron chi connectivity index (χ3n) is 5.91. The van der Waals surface area contributed by atoms with E-state index in [9.17, 15) is 9.59 Å². The topological polar surface area (TPSA) is 78.4 Å². The Morgan fingerprint density at radius 1 is 1.00 bits per heavy atom. The second kappa shape index (κ2) is 10.7. The number of hydrogen-bond acceptors (Lipinski definition) is 5. The number of benzene rings is 2. The standard InChI is InChI=1S/C26H29N5O2/c1-30-16-17-31(24(32)12-6-13-27-26-28-14-7-15-29-26)23(25(30)33)19-20-8-5-11-22(18-20)21-9-3-2-4-10-21/h2-5,7-11,14-15,18,23H,6,12-13,16-17,19H2,1H3,(H,27,28,29)/t23-/m1/s1. The molecule has 0 saturated carbocycles. The molecule has 33 heavy (non-hydrogen) atoms. The van der Waals surface area contributed by atoms with Gasteiger partial charge in [0.15, 0.2) is 0 Å². The van der Waals surface area contributed by atoms with Crippen molar-refractivity contribution in [2.24, 2.45) is 0 Å². The number of amides is 2. The summed E-state index contributed by atoms with van der Waals surface area (Å²) in [5, 5.41) is 3.12. The summed E-state index contributed by atoms with van der Waals surface area (Å²) in [6, 6.07) is 19.7. The average molecular weight is 444 g/mol.